The van der Waals surface area contributed by atoms with Crippen molar-refractivity contribution in [2.24, 2.45) is 0 Å². The number of hydrogen-bond acceptors (Lipinski definition) is 3. The Bertz CT molecular complexity index is 614. The number of methoxy groups -OCH3 is 1. The minimum Gasteiger partial charge on any atom is -0.496 e. The fourth-order valence-electron chi connectivity index (χ4n) is 1.75. The van der Waals surface area contributed by atoms with Crippen molar-refractivity contribution in [1.82, 2.24) is 4.98 Å². The third-order valence-corrected chi connectivity index (χ3v) is 2.54. The number of benzene rings is 1. The van der Waals surface area contributed by atoms with Gasteiger partial charge in [-0.1, -0.05) is 0 Å². The van der Waals surface area contributed by atoms with E-state index in [9.17, 15) is 9.18 Å². The van der Waals surface area contributed by atoms with E-state index < -0.39 is 0 Å². The van der Waals surface area contributed by atoms with Crippen molar-refractivity contribution >= 4 is 11.7 Å². The molecule has 1 amide bonds. The summed E-state index contributed by atoms with van der Waals surface area (Å²) in [5.41, 5.74) is 1.52. The van der Waals surface area contributed by atoms with Crippen LogP contribution in [0.1, 0.15) is 6.92 Å². The zero-order valence-corrected chi connectivity index (χ0v) is 10.6. The molecule has 4 nitrogen and oxygen atoms in total. The highest BCUT2D eigenvalue weighted by atomic mass is 19.1. The molecule has 0 saturated carbocycles. The number of carbonyl (C=O) groups is 1. The standard InChI is InChI=1S/C14H13FN2O2/c1-9(18)17-14-7-10(5-6-16-14)12-4-3-11(15)8-13(12)19-2/h3-8H,1-2H3,(H,16,17,18). The molecule has 0 bridgehead atoms. The lowest BCUT2D eigenvalue weighted by Crippen LogP contribution is -2.07. The lowest BCUT2D eigenvalue weighted by molar-refractivity contribution is -0.114. The van der Waals surface area contributed by atoms with Crippen LogP contribution in [0.2, 0.25) is 0 Å². The van der Waals surface area contributed by atoms with Gasteiger partial charge in [0.2, 0.25) is 5.91 Å². The van der Waals surface area contributed by atoms with E-state index in [-0.39, 0.29) is 11.7 Å². The van der Waals surface area contributed by atoms with Crippen molar-refractivity contribution in [3.63, 3.8) is 0 Å². The van der Waals surface area contributed by atoms with Crippen LogP contribution in [0.3, 0.4) is 0 Å². The van der Waals surface area contributed by atoms with E-state index in [1.54, 1.807) is 24.4 Å². The fourth-order valence-corrected chi connectivity index (χ4v) is 1.75. The average Bonchev–Trinajstić information content (AvgIpc) is 2.38. The van der Waals surface area contributed by atoms with E-state index in [2.05, 4.69) is 10.3 Å². The highest BCUT2D eigenvalue weighted by Gasteiger charge is 2.08. The van der Waals surface area contributed by atoms with Crippen LogP contribution in [0.5, 0.6) is 5.75 Å². The summed E-state index contributed by atoms with van der Waals surface area (Å²) in [4.78, 5) is 15.0. The van der Waals surface area contributed by atoms with E-state index in [1.165, 1.54) is 26.2 Å². The van der Waals surface area contributed by atoms with Gasteiger partial charge in [-0.2, -0.15) is 0 Å². The summed E-state index contributed by atoms with van der Waals surface area (Å²) in [6, 6.07) is 7.77. The second-order valence-electron chi connectivity index (χ2n) is 3.96. The molecule has 19 heavy (non-hydrogen) atoms. The molecule has 1 N–H and O–H groups in total. The second kappa shape index (κ2) is 5.48. The Hall–Kier alpha value is -2.43. The van der Waals surface area contributed by atoms with Crippen molar-refractivity contribution in [2.75, 3.05) is 12.4 Å². The van der Waals surface area contributed by atoms with E-state index in [4.69, 9.17) is 4.74 Å². The van der Waals surface area contributed by atoms with Crippen molar-refractivity contribution in [2.45, 2.75) is 6.92 Å². The maximum absolute atomic E-state index is 13.2. The highest BCUT2D eigenvalue weighted by Crippen LogP contribution is 2.31. The predicted octanol–water partition coefficient (Wildman–Crippen LogP) is 2.85. The van der Waals surface area contributed by atoms with E-state index in [0.717, 1.165) is 11.1 Å². The normalized spacial score (nSPS) is 10.1. The first-order valence-electron chi connectivity index (χ1n) is 5.67. The molecule has 0 aliphatic rings. The number of anilines is 1. The largest absolute Gasteiger partial charge is 0.496 e. The van der Waals surface area contributed by atoms with Crippen LogP contribution in [0.25, 0.3) is 11.1 Å². The summed E-state index contributed by atoms with van der Waals surface area (Å²) < 4.78 is 18.3. The molecule has 0 atom stereocenters. The second-order valence-corrected chi connectivity index (χ2v) is 3.96. The van der Waals surface area contributed by atoms with Gasteiger partial charge in [0.25, 0.3) is 0 Å². The van der Waals surface area contributed by atoms with Crippen LogP contribution in [-0.2, 0) is 4.79 Å². The molecule has 5 heteroatoms. The Kier molecular flexibility index (Phi) is 3.75. The van der Waals surface area contributed by atoms with Gasteiger partial charge in [-0.25, -0.2) is 9.37 Å². The van der Waals surface area contributed by atoms with Crippen LogP contribution in [0, 0.1) is 5.82 Å². The summed E-state index contributed by atoms with van der Waals surface area (Å²) in [5.74, 6) is 0.309. The molecule has 1 aromatic carbocycles. The third kappa shape index (κ3) is 3.07. The number of carbonyl (C=O) groups excluding carboxylic acids is 1. The molecular weight excluding hydrogens is 247 g/mol. The van der Waals surface area contributed by atoms with Gasteiger partial charge in [0.05, 0.1) is 7.11 Å². The number of amides is 1. The van der Waals surface area contributed by atoms with Gasteiger partial charge in [0.1, 0.15) is 17.4 Å². The molecule has 0 saturated heterocycles. The molecule has 1 aromatic heterocycles. The number of ether oxygens (including phenoxy) is 1. The zero-order chi connectivity index (χ0) is 13.8. The quantitative estimate of drug-likeness (QED) is 0.923. The lowest BCUT2D eigenvalue weighted by atomic mass is 10.1. The van der Waals surface area contributed by atoms with Crippen molar-refractivity contribution in [3.8, 4) is 16.9 Å². The summed E-state index contributed by atoms with van der Waals surface area (Å²) >= 11 is 0. The van der Waals surface area contributed by atoms with Crippen molar-refractivity contribution in [3.05, 3.63) is 42.3 Å². The Balaban J connectivity index is 2.44. The maximum atomic E-state index is 13.2. The first-order chi connectivity index (χ1) is 9.10. The van der Waals surface area contributed by atoms with Gasteiger partial charge >= 0.3 is 0 Å². The highest BCUT2D eigenvalue weighted by molar-refractivity contribution is 5.88. The molecule has 2 rings (SSSR count). The number of halogens is 1. The van der Waals surface area contributed by atoms with Gasteiger partial charge in [-0.15, -0.1) is 0 Å². The predicted molar refractivity (Wildman–Crippen MR) is 70.5 cm³/mol. The molecule has 0 unspecified atom stereocenters. The molecule has 0 fully saturated rings. The average molecular weight is 260 g/mol. The molecule has 1 heterocycles. The number of hydrogen-bond donors (Lipinski definition) is 1. The fraction of sp³-hybridized carbons (Fsp3) is 0.143. The smallest absolute Gasteiger partial charge is 0.222 e. The maximum Gasteiger partial charge on any atom is 0.222 e. The van der Waals surface area contributed by atoms with E-state index in [0.29, 0.717) is 11.6 Å². The number of aromatic nitrogens is 1. The van der Waals surface area contributed by atoms with Crippen molar-refractivity contribution in [1.29, 1.82) is 0 Å². The first-order valence-corrected chi connectivity index (χ1v) is 5.67. The van der Waals surface area contributed by atoms with Gasteiger partial charge in [0, 0.05) is 24.8 Å². The molecule has 0 aliphatic carbocycles. The zero-order valence-electron chi connectivity index (χ0n) is 10.6. The first kappa shape index (κ1) is 13.0. The van der Waals surface area contributed by atoms with Crippen LogP contribution in [0.15, 0.2) is 36.5 Å². The van der Waals surface area contributed by atoms with E-state index in [1.807, 2.05) is 0 Å². The van der Waals surface area contributed by atoms with Gasteiger partial charge < -0.3 is 10.1 Å². The monoisotopic (exact) mass is 260 g/mol. The molecule has 2 aromatic rings. The molecule has 0 radical (unpaired) electrons. The lowest BCUT2D eigenvalue weighted by Gasteiger charge is -2.09. The van der Waals surface area contributed by atoms with Crippen LogP contribution in [-0.4, -0.2) is 18.0 Å². The summed E-state index contributed by atoms with van der Waals surface area (Å²) in [7, 11) is 1.48. The molecule has 0 spiro atoms. The topological polar surface area (TPSA) is 51.2 Å². The number of rotatable bonds is 3. The Labute approximate surface area is 110 Å². The minimum absolute atomic E-state index is 0.198. The summed E-state index contributed by atoms with van der Waals surface area (Å²) in [6.45, 7) is 1.41. The minimum atomic E-state index is -0.364. The number of nitrogens with one attached hydrogen (secondary N) is 1. The van der Waals surface area contributed by atoms with Crippen LogP contribution >= 0.6 is 0 Å². The van der Waals surface area contributed by atoms with Gasteiger partial charge in [0.15, 0.2) is 0 Å². The van der Waals surface area contributed by atoms with E-state index >= 15 is 0 Å². The van der Waals surface area contributed by atoms with Crippen LogP contribution < -0.4 is 10.1 Å². The summed E-state index contributed by atoms with van der Waals surface area (Å²) in [6.07, 6.45) is 1.57. The SMILES string of the molecule is COc1cc(F)ccc1-c1ccnc(NC(C)=O)c1. The molecule has 98 valence electrons. The van der Waals surface area contributed by atoms with Gasteiger partial charge in [-0.05, 0) is 29.8 Å². The summed E-state index contributed by atoms with van der Waals surface area (Å²) in [5, 5.41) is 2.60. The third-order valence-electron chi connectivity index (χ3n) is 2.54. The Morgan fingerprint density at radius 2 is 2.11 bits per heavy atom. The van der Waals surface area contributed by atoms with Crippen molar-refractivity contribution < 1.29 is 13.9 Å². The molecule has 0 aliphatic heterocycles. The number of nitrogens with zero attached hydrogens (tertiary/aromatic N) is 1. The Morgan fingerprint density at radius 3 is 2.79 bits per heavy atom. The van der Waals surface area contributed by atoms with Crippen LogP contribution in [0.4, 0.5) is 10.2 Å². The molecular formula is C14H13FN2O2. The van der Waals surface area contributed by atoms with Gasteiger partial charge in [-0.3, -0.25) is 4.79 Å². The number of pyridine rings is 1. The Morgan fingerprint density at radius 1 is 1.32 bits per heavy atom.